The fraction of sp³-hybridized carbons (Fsp3) is 0.417. The van der Waals surface area contributed by atoms with E-state index in [2.05, 4.69) is 23.5 Å². The molecule has 0 aromatic carbocycles. The number of imidazole rings is 1. The van der Waals surface area contributed by atoms with Crippen LogP contribution in [0.4, 0.5) is 0 Å². The van der Waals surface area contributed by atoms with Crippen LogP contribution in [0.25, 0.3) is 12.2 Å². The highest BCUT2D eigenvalue weighted by molar-refractivity contribution is 5.57. The molecule has 0 aliphatic carbocycles. The fourth-order valence-electron chi connectivity index (χ4n) is 2.27. The van der Waals surface area contributed by atoms with Crippen molar-refractivity contribution in [3.8, 4) is 0 Å². The number of hydrogen-bond donors (Lipinski definition) is 2. The number of nitrogens with one attached hydrogen (secondary N) is 2. The standard InChI is InChI=1S/C12H17N3O/c1-3-10-11(4-2)15(12(16)14-10)9-5-7-13-8-6-9/h3-4,9,13H,1-2,5-8H2,(H,14,16). The maximum atomic E-state index is 11.9. The van der Waals surface area contributed by atoms with Crippen molar-refractivity contribution in [1.82, 2.24) is 14.9 Å². The SMILES string of the molecule is C=Cc1[nH]c(=O)n(C2CCNCC2)c1C=C. The summed E-state index contributed by atoms with van der Waals surface area (Å²) in [5, 5.41) is 3.29. The molecule has 0 bridgehead atoms. The Labute approximate surface area is 94.7 Å². The van der Waals surface area contributed by atoms with Crippen LogP contribution in [0.15, 0.2) is 18.0 Å². The molecule has 4 heteroatoms. The third-order valence-electron chi connectivity index (χ3n) is 3.07. The van der Waals surface area contributed by atoms with Gasteiger partial charge in [-0.2, -0.15) is 0 Å². The summed E-state index contributed by atoms with van der Waals surface area (Å²) in [7, 11) is 0. The molecule has 2 N–H and O–H groups in total. The number of aromatic amines is 1. The molecule has 1 saturated heterocycles. The molecule has 0 amide bonds. The van der Waals surface area contributed by atoms with Crippen molar-refractivity contribution in [3.05, 3.63) is 35.0 Å². The van der Waals surface area contributed by atoms with Crippen LogP contribution in [0.1, 0.15) is 30.3 Å². The van der Waals surface area contributed by atoms with Crippen LogP contribution in [0.5, 0.6) is 0 Å². The van der Waals surface area contributed by atoms with Gasteiger partial charge in [0.2, 0.25) is 0 Å². The molecule has 0 spiro atoms. The monoisotopic (exact) mass is 219 g/mol. The first-order valence-corrected chi connectivity index (χ1v) is 5.58. The Kier molecular flexibility index (Phi) is 3.10. The van der Waals surface area contributed by atoms with Gasteiger partial charge in [-0.25, -0.2) is 4.79 Å². The molecule has 1 aromatic rings. The summed E-state index contributed by atoms with van der Waals surface area (Å²) in [6, 6.07) is 0.270. The molecule has 4 nitrogen and oxygen atoms in total. The highest BCUT2D eigenvalue weighted by Gasteiger charge is 2.20. The molecule has 1 aliphatic rings. The summed E-state index contributed by atoms with van der Waals surface area (Å²) in [5.74, 6) is 0. The second kappa shape index (κ2) is 4.53. The van der Waals surface area contributed by atoms with E-state index in [-0.39, 0.29) is 11.7 Å². The first kappa shape index (κ1) is 11.0. The summed E-state index contributed by atoms with van der Waals surface area (Å²) in [4.78, 5) is 14.7. The van der Waals surface area contributed by atoms with E-state index in [1.54, 1.807) is 12.2 Å². The number of hydrogen-bond acceptors (Lipinski definition) is 2. The molecule has 1 fully saturated rings. The molecular formula is C12H17N3O. The van der Waals surface area contributed by atoms with Gasteiger partial charge >= 0.3 is 5.69 Å². The van der Waals surface area contributed by atoms with Crippen LogP contribution < -0.4 is 11.0 Å². The molecule has 0 saturated carbocycles. The van der Waals surface area contributed by atoms with E-state index in [1.807, 2.05) is 4.57 Å². The van der Waals surface area contributed by atoms with Crippen LogP contribution in [-0.4, -0.2) is 22.6 Å². The first-order chi connectivity index (χ1) is 7.77. The van der Waals surface area contributed by atoms with Crippen molar-refractivity contribution < 1.29 is 0 Å². The third-order valence-corrected chi connectivity index (χ3v) is 3.07. The van der Waals surface area contributed by atoms with Crippen molar-refractivity contribution in [2.75, 3.05) is 13.1 Å². The van der Waals surface area contributed by atoms with Crippen LogP contribution in [-0.2, 0) is 0 Å². The normalized spacial score (nSPS) is 17.2. The number of piperidine rings is 1. The van der Waals surface area contributed by atoms with Crippen LogP contribution >= 0.6 is 0 Å². The second-order valence-electron chi connectivity index (χ2n) is 3.99. The van der Waals surface area contributed by atoms with E-state index in [0.717, 1.165) is 37.3 Å². The van der Waals surface area contributed by atoms with E-state index >= 15 is 0 Å². The molecular weight excluding hydrogens is 202 g/mol. The van der Waals surface area contributed by atoms with Gasteiger partial charge in [-0.05, 0) is 38.1 Å². The van der Waals surface area contributed by atoms with E-state index in [9.17, 15) is 4.79 Å². The fourth-order valence-corrected chi connectivity index (χ4v) is 2.27. The van der Waals surface area contributed by atoms with E-state index in [1.165, 1.54) is 0 Å². The van der Waals surface area contributed by atoms with Crippen LogP contribution in [0.2, 0.25) is 0 Å². The van der Waals surface area contributed by atoms with E-state index in [4.69, 9.17) is 0 Å². The first-order valence-electron chi connectivity index (χ1n) is 5.58. The Balaban J connectivity index is 2.45. The average molecular weight is 219 g/mol. The maximum Gasteiger partial charge on any atom is 0.326 e. The molecule has 16 heavy (non-hydrogen) atoms. The number of rotatable bonds is 3. The Bertz CT molecular complexity index is 449. The van der Waals surface area contributed by atoms with Crippen molar-refractivity contribution in [3.63, 3.8) is 0 Å². The van der Waals surface area contributed by atoms with Crippen molar-refractivity contribution in [2.24, 2.45) is 0 Å². The third kappa shape index (κ3) is 1.76. The van der Waals surface area contributed by atoms with Gasteiger partial charge in [0.05, 0.1) is 11.4 Å². The number of nitrogens with zero attached hydrogens (tertiary/aromatic N) is 1. The zero-order valence-electron chi connectivity index (χ0n) is 9.33. The lowest BCUT2D eigenvalue weighted by Crippen LogP contribution is -2.33. The minimum Gasteiger partial charge on any atom is -0.317 e. The van der Waals surface area contributed by atoms with Gasteiger partial charge < -0.3 is 10.3 Å². The van der Waals surface area contributed by atoms with Gasteiger partial charge in [0, 0.05) is 6.04 Å². The number of H-pyrrole nitrogens is 1. The minimum absolute atomic E-state index is 0.0586. The van der Waals surface area contributed by atoms with Crippen molar-refractivity contribution in [2.45, 2.75) is 18.9 Å². The Morgan fingerprint density at radius 1 is 1.25 bits per heavy atom. The Hall–Kier alpha value is -1.55. The summed E-state index contributed by atoms with van der Waals surface area (Å²) >= 11 is 0. The zero-order chi connectivity index (χ0) is 11.5. The van der Waals surface area contributed by atoms with Gasteiger partial charge in [0.15, 0.2) is 0 Å². The average Bonchev–Trinajstić information content (AvgIpc) is 2.66. The summed E-state index contributed by atoms with van der Waals surface area (Å²) in [6.45, 7) is 9.38. The highest BCUT2D eigenvalue weighted by atomic mass is 16.1. The number of aromatic nitrogens is 2. The van der Waals surface area contributed by atoms with Gasteiger partial charge in [-0.15, -0.1) is 0 Å². The van der Waals surface area contributed by atoms with E-state index < -0.39 is 0 Å². The van der Waals surface area contributed by atoms with Gasteiger partial charge in [-0.3, -0.25) is 4.57 Å². The Morgan fingerprint density at radius 3 is 2.50 bits per heavy atom. The lowest BCUT2D eigenvalue weighted by molar-refractivity contribution is 0.360. The topological polar surface area (TPSA) is 49.8 Å². The molecule has 1 aliphatic heterocycles. The molecule has 86 valence electrons. The van der Waals surface area contributed by atoms with Crippen molar-refractivity contribution in [1.29, 1.82) is 0 Å². The quantitative estimate of drug-likeness (QED) is 0.807. The summed E-state index contributed by atoms with van der Waals surface area (Å²) < 4.78 is 1.81. The second-order valence-corrected chi connectivity index (χ2v) is 3.99. The largest absolute Gasteiger partial charge is 0.326 e. The smallest absolute Gasteiger partial charge is 0.317 e. The molecule has 1 aromatic heterocycles. The zero-order valence-corrected chi connectivity index (χ0v) is 9.33. The summed E-state index contributed by atoms with van der Waals surface area (Å²) in [6.07, 6.45) is 5.34. The van der Waals surface area contributed by atoms with Crippen LogP contribution in [0, 0.1) is 0 Å². The minimum atomic E-state index is -0.0586. The Morgan fingerprint density at radius 2 is 1.94 bits per heavy atom. The van der Waals surface area contributed by atoms with Crippen LogP contribution in [0.3, 0.4) is 0 Å². The summed E-state index contributed by atoms with van der Waals surface area (Å²) in [5.41, 5.74) is 1.56. The maximum absolute atomic E-state index is 11.9. The predicted octanol–water partition coefficient (Wildman–Crippen LogP) is 1.39. The van der Waals surface area contributed by atoms with Gasteiger partial charge in [0.1, 0.15) is 0 Å². The van der Waals surface area contributed by atoms with Gasteiger partial charge in [0.25, 0.3) is 0 Å². The molecule has 0 radical (unpaired) electrons. The van der Waals surface area contributed by atoms with E-state index in [0.29, 0.717) is 0 Å². The predicted molar refractivity (Wildman–Crippen MR) is 66.4 cm³/mol. The molecule has 2 rings (SSSR count). The molecule has 0 unspecified atom stereocenters. The lowest BCUT2D eigenvalue weighted by atomic mass is 10.1. The van der Waals surface area contributed by atoms with Crippen molar-refractivity contribution >= 4 is 12.2 Å². The van der Waals surface area contributed by atoms with Gasteiger partial charge in [-0.1, -0.05) is 13.2 Å². The highest BCUT2D eigenvalue weighted by Crippen LogP contribution is 2.21. The molecule has 2 heterocycles. The lowest BCUT2D eigenvalue weighted by Gasteiger charge is -2.24. The molecule has 0 atom stereocenters.